The average molecular weight is 256 g/mol. The van der Waals surface area contributed by atoms with E-state index in [1.807, 2.05) is 0 Å². The van der Waals surface area contributed by atoms with Crippen molar-refractivity contribution in [2.75, 3.05) is 0 Å². The molecule has 4 nitrogen and oxygen atoms in total. The molecule has 1 saturated heterocycles. The summed E-state index contributed by atoms with van der Waals surface area (Å²) in [5, 5.41) is 0. The van der Waals surface area contributed by atoms with Gasteiger partial charge in [0.1, 0.15) is 10.5 Å². The molecule has 0 radical (unpaired) electrons. The fraction of sp³-hybridized carbons (Fsp3) is 0.222. The molecular weight excluding hydrogens is 250 g/mol. The van der Waals surface area contributed by atoms with Gasteiger partial charge in [-0.1, -0.05) is 6.07 Å². The Balaban J connectivity index is 2.31. The summed E-state index contributed by atoms with van der Waals surface area (Å²) < 4.78 is 5.08. The Kier molecular flexibility index (Phi) is 2.33. The van der Waals surface area contributed by atoms with E-state index in [9.17, 15) is 9.59 Å². The highest BCUT2D eigenvalue weighted by Crippen LogP contribution is 2.26. The molecular formula is C9H6BrNO3. The number of halogens is 1. The van der Waals surface area contributed by atoms with Crippen molar-refractivity contribution in [1.82, 2.24) is 4.98 Å². The van der Waals surface area contributed by atoms with Crippen LogP contribution in [0.3, 0.4) is 0 Å². The number of rotatable bonds is 1. The van der Waals surface area contributed by atoms with Crippen molar-refractivity contribution in [3.63, 3.8) is 0 Å². The van der Waals surface area contributed by atoms with Gasteiger partial charge in [0.05, 0.1) is 12.1 Å². The molecule has 1 unspecified atom stereocenters. The number of aromatic nitrogens is 1. The van der Waals surface area contributed by atoms with Crippen LogP contribution < -0.4 is 0 Å². The molecule has 2 heterocycles. The molecule has 1 aromatic rings. The number of carbonyl (C=O) groups is 2. The zero-order valence-corrected chi connectivity index (χ0v) is 8.65. The zero-order valence-electron chi connectivity index (χ0n) is 7.07. The molecule has 0 saturated carbocycles. The lowest BCUT2D eigenvalue weighted by Gasteiger charge is -2.03. The van der Waals surface area contributed by atoms with Crippen LogP contribution in [0, 0.1) is 0 Å². The number of esters is 2. The van der Waals surface area contributed by atoms with Gasteiger partial charge >= 0.3 is 11.9 Å². The van der Waals surface area contributed by atoms with Crippen LogP contribution in [0.4, 0.5) is 0 Å². The fourth-order valence-electron chi connectivity index (χ4n) is 1.32. The number of nitrogens with zero attached hydrogens (tertiary/aromatic N) is 1. The molecule has 72 valence electrons. The highest BCUT2D eigenvalue weighted by molar-refractivity contribution is 9.10. The maximum absolute atomic E-state index is 11.2. The van der Waals surface area contributed by atoms with Crippen LogP contribution in [0.25, 0.3) is 0 Å². The third-order valence-corrected chi connectivity index (χ3v) is 2.41. The van der Waals surface area contributed by atoms with Crippen LogP contribution in [0.1, 0.15) is 18.0 Å². The van der Waals surface area contributed by atoms with Gasteiger partial charge in [-0.25, -0.2) is 4.98 Å². The lowest BCUT2D eigenvalue weighted by atomic mass is 10.0. The van der Waals surface area contributed by atoms with Gasteiger partial charge in [-0.15, -0.1) is 0 Å². The molecule has 0 amide bonds. The van der Waals surface area contributed by atoms with E-state index in [4.69, 9.17) is 0 Å². The van der Waals surface area contributed by atoms with Crippen molar-refractivity contribution in [2.45, 2.75) is 12.3 Å². The quantitative estimate of drug-likeness (QED) is 0.433. The predicted octanol–water partition coefficient (Wildman–Crippen LogP) is 1.40. The largest absolute Gasteiger partial charge is 0.393 e. The molecule has 0 N–H and O–H groups in total. The highest BCUT2D eigenvalue weighted by atomic mass is 79.9. The summed E-state index contributed by atoms with van der Waals surface area (Å²) in [6.45, 7) is 0. The van der Waals surface area contributed by atoms with Gasteiger partial charge in [0.2, 0.25) is 0 Å². The minimum absolute atomic E-state index is 0.0856. The summed E-state index contributed by atoms with van der Waals surface area (Å²) in [6, 6.07) is 5.23. The fourth-order valence-corrected chi connectivity index (χ4v) is 1.68. The van der Waals surface area contributed by atoms with Crippen molar-refractivity contribution >= 4 is 27.9 Å². The van der Waals surface area contributed by atoms with Crippen LogP contribution in [0.15, 0.2) is 22.8 Å². The molecule has 0 bridgehead atoms. The molecule has 5 heteroatoms. The molecule has 0 aliphatic carbocycles. The summed E-state index contributed by atoms with van der Waals surface area (Å²) in [4.78, 5) is 26.1. The van der Waals surface area contributed by atoms with Gasteiger partial charge in [0, 0.05) is 0 Å². The van der Waals surface area contributed by atoms with Crippen LogP contribution >= 0.6 is 15.9 Å². The first kappa shape index (κ1) is 9.33. The second-order valence-electron chi connectivity index (χ2n) is 2.93. The maximum Gasteiger partial charge on any atom is 0.323 e. The molecule has 0 spiro atoms. The van der Waals surface area contributed by atoms with E-state index in [0.717, 1.165) is 0 Å². The van der Waals surface area contributed by atoms with Gasteiger partial charge in [-0.2, -0.15) is 0 Å². The Morgan fingerprint density at radius 1 is 1.43 bits per heavy atom. The van der Waals surface area contributed by atoms with Crippen molar-refractivity contribution in [3.05, 3.63) is 28.5 Å². The Morgan fingerprint density at radius 3 is 2.79 bits per heavy atom. The van der Waals surface area contributed by atoms with E-state index in [1.54, 1.807) is 18.2 Å². The lowest BCUT2D eigenvalue weighted by molar-refractivity contribution is -0.152. The molecule has 2 rings (SSSR count). The van der Waals surface area contributed by atoms with E-state index in [-0.39, 0.29) is 6.42 Å². The molecule has 1 aromatic heterocycles. The number of hydrogen-bond acceptors (Lipinski definition) is 4. The van der Waals surface area contributed by atoms with E-state index < -0.39 is 17.9 Å². The highest BCUT2D eigenvalue weighted by Gasteiger charge is 2.35. The lowest BCUT2D eigenvalue weighted by Crippen LogP contribution is -2.07. The third-order valence-electron chi connectivity index (χ3n) is 1.96. The van der Waals surface area contributed by atoms with E-state index >= 15 is 0 Å². The number of hydrogen-bond donors (Lipinski definition) is 0. The smallest absolute Gasteiger partial charge is 0.323 e. The Hall–Kier alpha value is -1.23. The molecule has 1 fully saturated rings. The van der Waals surface area contributed by atoms with Crippen molar-refractivity contribution in [2.24, 2.45) is 0 Å². The van der Waals surface area contributed by atoms with E-state index in [1.165, 1.54) is 0 Å². The third kappa shape index (κ3) is 1.68. The molecule has 1 aliphatic rings. The first-order chi connectivity index (χ1) is 6.66. The molecule has 0 aromatic carbocycles. The van der Waals surface area contributed by atoms with Gasteiger partial charge in [-0.3, -0.25) is 9.59 Å². The summed E-state index contributed by atoms with van der Waals surface area (Å²) >= 11 is 3.20. The Morgan fingerprint density at radius 2 is 2.21 bits per heavy atom. The Labute approximate surface area is 88.4 Å². The van der Waals surface area contributed by atoms with Gasteiger partial charge in [0.15, 0.2) is 0 Å². The normalized spacial score (nSPS) is 21.1. The molecule has 14 heavy (non-hydrogen) atoms. The monoisotopic (exact) mass is 255 g/mol. The van der Waals surface area contributed by atoms with Gasteiger partial charge in [0.25, 0.3) is 0 Å². The SMILES string of the molecule is O=C1CC(c2cccc(Br)n2)C(=O)O1. The Bertz CT molecular complexity index is 405. The minimum atomic E-state index is -0.542. The number of pyridine rings is 1. The van der Waals surface area contributed by atoms with Crippen molar-refractivity contribution in [3.8, 4) is 0 Å². The number of cyclic esters (lactones) is 2. The summed E-state index contributed by atoms with van der Waals surface area (Å²) in [5.41, 5.74) is 0.565. The first-order valence-electron chi connectivity index (χ1n) is 4.04. The molecule has 1 aliphatic heterocycles. The minimum Gasteiger partial charge on any atom is -0.393 e. The average Bonchev–Trinajstić information content (AvgIpc) is 2.45. The standard InChI is InChI=1S/C9H6BrNO3/c10-7-3-1-2-6(11-7)5-4-8(12)14-9(5)13/h1-3,5H,4H2. The maximum atomic E-state index is 11.2. The predicted molar refractivity (Wildman–Crippen MR) is 50.4 cm³/mol. The number of ether oxygens (including phenoxy) is 1. The van der Waals surface area contributed by atoms with Gasteiger partial charge < -0.3 is 4.74 Å². The first-order valence-corrected chi connectivity index (χ1v) is 4.83. The summed E-state index contributed by atoms with van der Waals surface area (Å²) in [5.74, 6) is -1.54. The van der Waals surface area contributed by atoms with Crippen LogP contribution in [0.2, 0.25) is 0 Å². The zero-order chi connectivity index (χ0) is 10.1. The van der Waals surface area contributed by atoms with E-state index in [0.29, 0.717) is 10.3 Å². The van der Waals surface area contributed by atoms with Crippen molar-refractivity contribution in [1.29, 1.82) is 0 Å². The van der Waals surface area contributed by atoms with Gasteiger partial charge in [-0.05, 0) is 28.1 Å². The summed E-state index contributed by atoms with van der Waals surface area (Å²) in [6.07, 6.45) is 0.0856. The van der Waals surface area contributed by atoms with Crippen molar-refractivity contribution < 1.29 is 14.3 Å². The second kappa shape index (κ2) is 3.49. The topological polar surface area (TPSA) is 56.3 Å². The molecule has 1 atom stereocenters. The van der Waals surface area contributed by atoms with Crippen LogP contribution in [0.5, 0.6) is 0 Å². The van der Waals surface area contributed by atoms with Crippen LogP contribution in [-0.2, 0) is 14.3 Å². The van der Waals surface area contributed by atoms with Crippen LogP contribution in [-0.4, -0.2) is 16.9 Å². The summed E-state index contributed by atoms with van der Waals surface area (Å²) in [7, 11) is 0. The second-order valence-corrected chi connectivity index (χ2v) is 3.75. The van der Waals surface area contributed by atoms with E-state index in [2.05, 4.69) is 25.7 Å². The number of carbonyl (C=O) groups excluding carboxylic acids is 2.